The molecule has 0 spiro atoms. The molecule has 0 aliphatic rings. The number of nitrogens with zero attached hydrogens (tertiary/aromatic N) is 4. The molecule has 5 heteroatoms. The summed E-state index contributed by atoms with van der Waals surface area (Å²) in [5.74, 6) is 0.679. The molecule has 0 fully saturated rings. The van der Waals surface area contributed by atoms with Gasteiger partial charge in [-0.2, -0.15) is 10.2 Å². The molecule has 0 radical (unpaired) electrons. The summed E-state index contributed by atoms with van der Waals surface area (Å²) in [6.45, 7) is 0. The van der Waals surface area contributed by atoms with Crippen molar-refractivity contribution in [2.24, 2.45) is 0 Å². The van der Waals surface area contributed by atoms with Gasteiger partial charge in [-0.05, 0) is 18.2 Å². The van der Waals surface area contributed by atoms with Crippen molar-refractivity contribution in [3.63, 3.8) is 0 Å². The second-order valence-corrected chi connectivity index (χ2v) is 3.84. The molecule has 0 bridgehead atoms. The zero-order chi connectivity index (χ0) is 12.4. The molecule has 18 heavy (non-hydrogen) atoms. The minimum atomic E-state index is 0.679. The first kappa shape index (κ1) is 10.5. The zero-order valence-electron chi connectivity index (χ0n) is 9.56. The number of nitrogen functional groups attached to an aromatic ring is 1. The van der Waals surface area contributed by atoms with Crippen molar-refractivity contribution in [3.8, 4) is 16.9 Å². The molecule has 0 aliphatic heterocycles. The van der Waals surface area contributed by atoms with E-state index >= 15 is 0 Å². The number of benzene rings is 1. The highest BCUT2D eigenvalue weighted by Crippen LogP contribution is 2.25. The van der Waals surface area contributed by atoms with Crippen LogP contribution < -0.4 is 5.73 Å². The van der Waals surface area contributed by atoms with Gasteiger partial charge < -0.3 is 5.73 Å². The Hall–Kier alpha value is -2.69. The van der Waals surface area contributed by atoms with Crippen LogP contribution in [0, 0.1) is 0 Å². The summed E-state index contributed by atoms with van der Waals surface area (Å²) >= 11 is 0. The maximum Gasteiger partial charge on any atom is 0.175 e. The Morgan fingerprint density at radius 1 is 1.06 bits per heavy atom. The van der Waals surface area contributed by atoms with E-state index in [4.69, 9.17) is 5.73 Å². The van der Waals surface area contributed by atoms with Crippen molar-refractivity contribution in [1.82, 2.24) is 20.0 Å². The lowest BCUT2D eigenvalue weighted by molar-refractivity contribution is 0.814. The average molecular weight is 237 g/mol. The Morgan fingerprint density at radius 2 is 1.94 bits per heavy atom. The van der Waals surface area contributed by atoms with Gasteiger partial charge in [-0.3, -0.25) is 0 Å². The Balaban J connectivity index is 2.03. The minimum Gasteiger partial charge on any atom is -0.398 e. The smallest absolute Gasteiger partial charge is 0.175 e. The van der Waals surface area contributed by atoms with Gasteiger partial charge in [-0.15, -0.1) is 5.10 Å². The lowest BCUT2D eigenvalue weighted by Gasteiger charge is -2.01. The number of hydrogen-bond acceptors (Lipinski definition) is 4. The summed E-state index contributed by atoms with van der Waals surface area (Å²) in [6.07, 6.45) is 5.28. The molecule has 3 rings (SSSR count). The van der Waals surface area contributed by atoms with E-state index in [0.29, 0.717) is 5.82 Å². The zero-order valence-corrected chi connectivity index (χ0v) is 9.56. The van der Waals surface area contributed by atoms with Crippen LogP contribution in [0.5, 0.6) is 0 Å². The number of nitrogens with two attached hydrogens (primary N) is 1. The van der Waals surface area contributed by atoms with Crippen LogP contribution in [0.15, 0.2) is 55.0 Å². The van der Waals surface area contributed by atoms with Gasteiger partial charge >= 0.3 is 0 Å². The first-order valence-corrected chi connectivity index (χ1v) is 5.52. The summed E-state index contributed by atoms with van der Waals surface area (Å²) in [7, 11) is 0. The van der Waals surface area contributed by atoms with Crippen LogP contribution in [-0.4, -0.2) is 20.0 Å². The van der Waals surface area contributed by atoms with Gasteiger partial charge in [0, 0.05) is 29.2 Å². The van der Waals surface area contributed by atoms with Crippen molar-refractivity contribution in [1.29, 1.82) is 0 Å². The van der Waals surface area contributed by atoms with E-state index in [0.717, 1.165) is 16.8 Å². The number of para-hydroxylation sites is 1. The van der Waals surface area contributed by atoms with E-state index in [1.54, 1.807) is 17.1 Å². The van der Waals surface area contributed by atoms with E-state index < -0.39 is 0 Å². The fraction of sp³-hybridized carbons (Fsp3) is 0. The van der Waals surface area contributed by atoms with E-state index in [-0.39, 0.29) is 0 Å². The van der Waals surface area contributed by atoms with Gasteiger partial charge in [0.15, 0.2) is 5.82 Å². The molecule has 0 saturated heterocycles. The monoisotopic (exact) mass is 237 g/mol. The van der Waals surface area contributed by atoms with Crippen molar-refractivity contribution in [2.75, 3.05) is 5.73 Å². The highest BCUT2D eigenvalue weighted by atomic mass is 15.3. The largest absolute Gasteiger partial charge is 0.398 e. The van der Waals surface area contributed by atoms with Crippen LogP contribution in [0.4, 0.5) is 5.69 Å². The van der Waals surface area contributed by atoms with E-state index in [2.05, 4.69) is 15.3 Å². The minimum absolute atomic E-state index is 0.679. The van der Waals surface area contributed by atoms with Gasteiger partial charge in [-0.25, -0.2) is 4.68 Å². The molecule has 0 atom stereocenters. The predicted octanol–water partition coefficient (Wildman–Crippen LogP) is 1.91. The molecule has 5 nitrogen and oxygen atoms in total. The van der Waals surface area contributed by atoms with Crippen LogP contribution in [0.1, 0.15) is 0 Å². The maximum absolute atomic E-state index is 5.94. The molecular weight excluding hydrogens is 226 g/mol. The highest BCUT2D eigenvalue weighted by Gasteiger charge is 2.06. The molecular formula is C13H11N5. The molecule has 0 saturated carbocycles. The molecule has 2 heterocycles. The first-order valence-electron chi connectivity index (χ1n) is 5.52. The van der Waals surface area contributed by atoms with Crippen LogP contribution in [0.25, 0.3) is 16.9 Å². The molecule has 0 aliphatic carbocycles. The topological polar surface area (TPSA) is 69.6 Å². The SMILES string of the molecule is Nc1ccccc1-c1cnn(-c2cccnn2)c1. The van der Waals surface area contributed by atoms with Crippen LogP contribution in [0.3, 0.4) is 0 Å². The predicted molar refractivity (Wildman–Crippen MR) is 69.0 cm³/mol. The summed E-state index contributed by atoms with van der Waals surface area (Å²) in [4.78, 5) is 0. The second kappa shape index (κ2) is 4.29. The third-order valence-corrected chi connectivity index (χ3v) is 2.65. The summed E-state index contributed by atoms with van der Waals surface area (Å²) < 4.78 is 1.68. The molecule has 0 amide bonds. The van der Waals surface area contributed by atoms with Gasteiger partial charge in [0.2, 0.25) is 0 Å². The molecule has 2 N–H and O–H groups in total. The van der Waals surface area contributed by atoms with Crippen molar-refractivity contribution in [3.05, 3.63) is 55.0 Å². The quantitative estimate of drug-likeness (QED) is 0.691. The highest BCUT2D eigenvalue weighted by molar-refractivity contribution is 5.75. The van der Waals surface area contributed by atoms with Gasteiger partial charge in [0.1, 0.15) is 0 Å². The van der Waals surface area contributed by atoms with Crippen molar-refractivity contribution < 1.29 is 0 Å². The van der Waals surface area contributed by atoms with Gasteiger partial charge in [0.25, 0.3) is 0 Å². The first-order chi connectivity index (χ1) is 8.84. The summed E-state index contributed by atoms with van der Waals surface area (Å²) in [5, 5.41) is 12.1. The van der Waals surface area contributed by atoms with Gasteiger partial charge in [-0.1, -0.05) is 18.2 Å². The Labute approximate surface area is 104 Å². The van der Waals surface area contributed by atoms with E-state index in [1.165, 1.54) is 0 Å². The maximum atomic E-state index is 5.94. The van der Waals surface area contributed by atoms with Gasteiger partial charge in [0.05, 0.1) is 6.20 Å². The van der Waals surface area contributed by atoms with Crippen LogP contribution >= 0.6 is 0 Å². The lowest BCUT2D eigenvalue weighted by Crippen LogP contribution is -1.98. The second-order valence-electron chi connectivity index (χ2n) is 3.84. The normalized spacial score (nSPS) is 10.4. The number of rotatable bonds is 2. The van der Waals surface area contributed by atoms with Crippen LogP contribution in [-0.2, 0) is 0 Å². The molecule has 1 aromatic carbocycles. The van der Waals surface area contributed by atoms with E-state index in [9.17, 15) is 0 Å². The molecule has 2 aromatic heterocycles. The van der Waals surface area contributed by atoms with Crippen LogP contribution in [0.2, 0.25) is 0 Å². The third-order valence-electron chi connectivity index (χ3n) is 2.65. The fourth-order valence-electron chi connectivity index (χ4n) is 1.76. The number of anilines is 1. The summed E-state index contributed by atoms with van der Waals surface area (Å²) in [5.41, 5.74) is 8.59. The third kappa shape index (κ3) is 1.82. The molecule has 88 valence electrons. The number of aromatic nitrogens is 4. The average Bonchev–Trinajstić information content (AvgIpc) is 2.90. The fourth-order valence-corrected chi connectivity index (χ4v) is 1.76. The lowest BCUT2D eigenvalue weighted by atomic mass is 10.1. The molecule has 0 unspecified atom stereocenters. The Morgan fingerprint density at radius 3 is 2.72 bits per heavy atom. The Kier molecular flexibility index (Phi) is 2.49. The Bertz CT molecular complexity index is 660. The molecule has 3 aromatic rings. The van der Waals surface area contributed by atoms with Crippen molar-refractivity contribution >= 4 is 5.69 Å². The summed E-state index contributed by atoms with van der Waals surface area (Å²) in [6, 6.07) is 11.4. The van der Waals surface area contributed by atoms with Crippen molar-refractivity contribution in [2.45, 2.75) is 0 Å². The van der Waals surface area contributed by atoms with E-state index in [1.807, 2.05) is 42.6 Å². The standard InChI is InChI=1S/C13H11N5/c14-12-5-2-1-4-11(12)10-8-16-18(9-10)13-6-3-7-15-17-13/h1-9H,14H2. The number of hydrogen-bond donors (Lipinski definition) is 1.